The first-order chi connectivity index (χ1) is 22.2. The van der Waals surface area contributed by atoms with E-state index in [1.54, 1.807) is 20.9 Å². The number of phenols is 1. The van der Waals surface area contributed by atoms with Gasteiger partial charge in [0, 0.05) is 22.9 Å². The van der Waals surface area contributed by atoms with Crippen LogP contribution in [0.2, 0.25) is 0 Å². The summed E-state index contributed by atoms with van der Waals surface area (Å²) in [5.74, 6) is -1.49. The van der Waals surface area contributed by atoms with Crippen molar-refractivity contribution in [3.05, 3.63) is 63.5 Å². The Morgan fingerprint density at radius 1 is 1.16 bits per heavy atom. The van der Waals surface area contributed by atoms with Gasteiger partial charge in [-0.2, -0.15) is 23.1 Å². The first-order valence-electron chi connectivity index (χ1n) is 16.6. The number of aromatic nitrogens is 3. The second kappa shape index (κ2) is 13.3. The molecule has 2 aromatic carbocycles. The zero-order valence-electron chi connectivity index (χ0n) is 28.0. The van der Waals surface area contributed by atoms with Crippen molar-refractivity contribution in [2.24, 2.45) is 0 Å². The standard InChI is InChI=1S/C34H40F4N4O3/c1-5-7-8-9-11-20(3)30-25-18-28(34(36,37)38)42(27-17-23(43)16-21-13-14-26(35)24(6-2)29(21)27)32(44)31(25)40-33(39-30)45-19-22-12-10-15-41(22)4/h13-14,16-18,20,22,43H,5-12,15,19H2,1-4H3/t20?,22-/m0/s1/i19D2. The fourth-order valence-corrected chi connectivity index (χ4v) is 6.25. The van der Waals surface area contributed by atoms with E-state index in [-0.39, 0.29) is 39.5 Å². The van der Waals surface area contributed by atoms with Gasteiger partial charge in [-0.1, -0.05) is 52.5 Å². The summed E-state index contributed by atoms with van der Waals surface area (Å²) in [5.41, 5.74) is -3.05. The Hall–Kier alpha value is -3.73. The number of likely N-dealkylation sites (tertiary alicyclic amines) is 1. The Balaban J connectivity index is 1.82. The third kappa shape index (κ3) is 6.64. The van der Waals surface area contributed by atoms with Crippen LogP contribution in [0, 0.1) is 5.82 Å². The summed E-state index contributed by atoms with van der Waals surface area (Å²) in [6.45, 7) is 3.91. The Labute approximate surface area is 262 Å². The molecule has 242 valence electrons. The average molecular weight is 631 g/mol. The van der Waals surface area contributed by atoms with E-state index >= 15 is 4.39 Å². The molecule has 1 aliphatic heterocycles. The van der Waals surface area contributed by atoms with Crippen molar-refractivity contribution in [3.63, 3.8) is 0 Å². The number of likely N-dealkylation sites (N-methyl/N-ethyl adjacent to an activating group) is 1. The van der Waals surface area contributed by atoms with E-state index in [9.17, 15) is 23.1 Å². The molecule has 4 aromatic rings. The third-order valence-electron chi connectivity index (χ3n) is 8.66. The summed E-state index contributed by atoms with van der Waals surface area (Å²) < 4.78 is 83.3. The molecule has 7 nitrogen and oxygen atoms in total. The molecule has 3 heterocycles. The van der Waals surface area contributed by atoms with Crippen molar-refractivity contribution in [2.75, 3.05) is 20.2 Å². The molecule has 1 N–H and O–H groups in total. The van der Waals surface area contributed by atoms with Gasteiger partial charge in [0.25, 0.3) is 5.56 Å². The minimum absolute atomic E-state index is 0.0490. The van der Waals surface area contributed by atoms with Crippen molar-refractivity contribution < 1.29 is 30.1 Å². The Morgan fingerprint density at radius 3 is 2.60 bits per heavy atom. The Bertz CT molecular complexity index is 1850. The average Bonchev–Trinajstić information content (AvgIpc) is 3.45. The van der Waals surface area contributed by atoms with Crippen LogP contribution in [0.4, 0.5) is 17.6 Å². The first kappa shape index (κ1) is 30.0. The molecule has 0 saturated carbocycles. The summed E-state index contributed by atoms with van der Waals surface area (Å²) in [6, 6.07) is 4.54. The maximum atomic E-state index is 15.0. The number of alkyl halides is 3. The van der Waals surface area contributed by atoms with Crippen LogP contribution in [-0.4, -0.2) is 50.7 Å². The molecule has 45 heavy (non-hydrogen) atoms. The highest BCUT2D eigenvalue weighted by Gasteiger charge is 2.37. The summed E-state index contributed by atoms with van der Waals surface area (Å²) in [6.07, 6.45) is 0.551. The van der Waals surface area contributed by atoms with E-state index in [0.717, 1.165) is 44.2 Å². The number of phenolic OH excluding ortho intramolecular Hbond substituents is 1. The molecule has 2 aromatic heterocycles. The zero-order valence-corrected chi connectivity index (χ0v) is 26.0. The van der Waals surface area contributed by atoms with Crippen molar-refractivity contribution in [3.8, 4) is 17.4 Å². The predicted molar refractivity (Wildman–Crippen MR) is 167 cm³/mol. The van der Waals surface area contributed by atoms with E-state index in [0.29, 0.717) is 24.0 Å². The minimum Gasteiger partial charge on any atom is -0.508 e. The van der Waals surface area contributed by atoms with Crippen molar-refractivity contribution in [1.29, 1.82) is 0 Å². The number of hydrogen-bond acceptors (Lipinski definition) is 6. The molecule has 5 rings (SSSR count). The molecule has 2 atom stereocenters. The summed E-state index contributed by atoms with van der Waals surface area (Å²) >= 11 is 0. The first-order valence-corrected chi connectivity index (χ1v) is 15.6. The number of pyridine rings is 1. The SMILES string of the molecule is [2H]C([2H])(Oc1nc(C(C)CCCCCC)c2cc(C(F)(F)F)n(-c3cc(O)cc4ccc(F)c(CC)c34)c(=O)c2n1)[C@@H]1CCCN1C. The number of halogens is 4. The van der Waals surface area contributed by atoms with E-state index in [1.165, 1.54) is 18.2 Å². The quantitative estimate of drug-likeness (QED) is 0.134. The van der Waals surface area contributed by atoms with Gasteiger partial charge >= 0.3 is 12.2 Å². The van der Waals surface area contributed by atoms with E-state index in [4.69, 9.17) is 7.48 Å². The second-order valence-electron chi connectivity index (χ2n) is 11.9. The van der Waals surface area contributed by atoms with Gasteiger partial charge in [0.2, 0.25) is 0 Å². The topological polar surface area (TPSA) is 80.5 Å². The molecule has 0 amide bonds. The number of fused-ring (bicyclic) bond motifs is 2. The molecule has 1 unspecified atom stereocenters. The fraction of sp³-hybridized carbons (Fsp3) is 0.500. The lowest BCUT2D eigenvalue weighted by atomic mass is 9.96. The highest BCUT2D eigenvalue weighted by atomic mass is 19.4. The number of rotatable bonds is 11. The molecule has 1 aliphatic rings. The van der Waals surface area contributed by atoms with Crippen LogP contribution in [-0.2, 0) is 12.6 Å². The lowest BCUT2D eigenvalue weighted by Crippen LogP contribution is -2.31. The van der Waals surface area contributed by atoms with Gasteiger partial charge in [-0.15, -0.1) is 0 Å². The lowest BCUT2D eigenvalue weighted by molar-refractivity contribution is -0.142. The van der Waals surface area contributed by atoms with Gasteiger partial charge in [0.15, 0.2) is 0 Å². The molecule has 1 saturated heterocycles. The molecule has 0 aliphatic carbocycles. The van der Waals surface area contributed by atoms with Crippen molar-refractivity contribution in [1.82, 2.24) is 19.4 Å². The van der Waals surface area contributed by atoms with Crippen molar-refractivity contribution in [2.45, 2.75) is 90.3 Å². The highest BCUT2D eigenvalue weighted by Crippen LogP contribution is 2.38. The maximum Gasteiger partial charge on any atom is 0.431 e. The Kier molecular flexibility index (Phi) is 8.87. The number of hydrogen-bond donors (Lipinski definition) is 1. The van der Waals surface area contributed by atoms with Gasteiger partial charge in [-0.05, 0) is 74.3 Å². The molecular formula is C34H40F4N4O3. The monoisotopic (exact) mass is 630 g/mol. The van der Waals surface area contributed by atoms with E-state index < -0.39 is 59.0 Å². The molecule has 0 bridgehead atoms. The smallest absolute Gasteiger partial charge is 0.431 e. The van der Waals surface area contributed by atoms with Gasteiger partial charge in [-0.25, -0.2) is 4.39 Å². The van der Waals surface area contributed by atoms with Crippen molar-refractivity contribution >= 4 is 21.7 Å². The number of nitrogens with zero attached hydrogens (tertiary/aromatic N) is 4. The molecule has 0 radical (unpaired) electrons. The van der Waals surface area contributed by atoms with Crippen LogP contribution in [0.25, 0.3) is 27.4 Å². The number of ether oxygens (including phenoxy) is 1. The number of benzene rings is 2. The largest absolute Gasteiger partial charge is 0.508 e. The van der Waals surface area contributed by atoms with Crippen LogP contribution in [0.1, 0.15) is 91.3 Å². The van der Waals surface area contributed by atoms with Crippen LogP contribution in [0.3, 0.4) is 0 Å². The van der Waals surface area contributed by atoms with E-state index in [2.05, 4.69) is 16.9 Å². The second-order valence-corrected chi connectivity index (χ2v) is 11.9. The molecule has 1 fully saturated rings. The minimum atomic E-state index is -5.05. The van der Waals surface area contributed by atoms with Crippen LogP contribution >= 0.6 is 0 Å². The lowest BCUT2D eigenvalue weighted by Gasteiger charge is -2.22. The van der Waals surface area contributed by atoms with E-state index in [1.807, 2.05) is 4.90 Å². The maximum absolute atomic E-state index is 15.0. The zero-order chi connectivity index (χ0) is 34.3. The summed E-state index contributed by atoms with van der Waals surface area (Å²) in [4.78, 5) is 24.9. The number of aromatic hydroxyl groups is 1. The Morgan fingerprint density at radius 2 is 1.93 bits per heavy atom. The van der Waals surface area contributed by atoms with Gasteiger partial charge in [0.1, 0.15) is 29.3 Å². The van der Waals surface area contributed by atoms with Gasteiger partial charge in [-0.3, -0.25) is 9.36 Å². The molecule has 11 heteroatoms. The normalized spacial score (nSPS) is 17.6. The fourth-order valence-electron chi connectivity index (χ4n) is 6.25. The number of aryl methyl sites for hydroxylation is 1. The van der Waals surface area contributed by atoms with Crippen LogP contribution in [0.5, 0.6) is 11.8 Å². The highest BCUT2D eigenvalue weighted by molar-refractivity contribution is 5.95. The third-order valence-corrected chi connectivity index (χ3v) is 8.66. The molecule has 0 spiro atoms. The van der Waals surface area contributed by atoms with Crippen LogP contribution in [0.15, 0.2) is 35.1 Å². The molecular weight excluding hydrogens is 588 g/mol. The van der Waals surface area contributed by atoms with Gasteiger partial charge < -0.3 is 14.7 Å². The summed E-state index contributed by atoms with van der Waals surface area (Å²) in [5, 5.41) is 10.7. The number of unbranched alkanes of at least 4 members (excludes halogenated alkanes) is 3. The predicted octanol–water partition coefficient (Wildman–Crippen LogP) is 7.91. The van der Waals surface area contributed by atoms with Crippen LogP contribution < -0.4 is 10.3 Å². The summed E-state index contributed by atoms with van der Waals surface area (Å²) in [7, 11) is 1.77. The van der Waals surface area contributed by atoms with Gasteiger partial charge in [0.05, 0.1) is 14.1 Å².